The van der Waals surface area contributed by atoms with E-state index in [0.717, 1.165) is 31.5 Å². The second kappa shape index (κ2) is 6.85. The van der Waals surface area contributed by atoms with Crippen LogP contribution < -0.4 is 15.2 Å². The SMILES string of the molecule is COc1cc(CN2CCCC2CN)ccc1OC(F)F. The molecule has 0 radical (unpaired) electrons. The third kappa shape index (κ3) is 3.58. The number of alkyl halides is 2. The number of hydrogen-bond donors (Lipinski definition) is 1. The lowest BCUT2D eigenvalue weighted by molar-refractivity contribution is -0.0512. The van der Waals surface area contributed by atoms with E-state index in [1.54, 1.807) is 12.1 Å². The Kier molecular flexibility index (Phi) is 5.14. The van der Waals surface area contributed by atoms with Gasteiger partial charge in [-0.25, -0.2) is 0 Å². The van der Waals surface area contributed by atoms with E-state index in [9.17, 15) is 8.78 Å². The zero-order valence-corrected chi connectivity index (χ0v) is 11.5. The van der Waals surface area contributed by atoms with E-state index in [-0.39, 0.29) is 5.75 Å². The van der Waals surface area contributed by atoms with Crippen LogP contribution in [0.5, 0.6) is 11.5 Å². The van der Waals surface area contributed by atoms with Crippen molar-refractivity contribution in [2.75, 3.05) is 20.2 Å². The van der Waals surface area contributed by atoms with Crippen LogP contribution in [0.3, 0.4) is 0 Å². The van der Waals surface area contributed by atoms with E-state index in [1.165, 1.54) is 13.2 Å². The molecule has 1 aliphatic rings. The summed E-state index contributed by atoms with van der Waals surface area (Å²) in [7, 11) is 1.44. The molecule has 0 amide bonds. The maximum atomic E-state index is 12.3. The van der Waals surface area contributed by atoms with Crippen molar-refractivity contribution < 1.29 is 18.3 Å². The Labute approximate surface area is 117 Å². The van der Waals surface area contributed by atoms with Crippen LogP contribution in [0.15, 0.2) is 18.2 Å². The van der Waals surface area contributed by atoms with Crippen molar-refractivity contribution in [2.24, 2.45) is 5.73 Å². The van der Waals surface area contributed by atoms with E-state index in [1.807, 2.05) is 0 Å². The predicted octanol–water partition coefficient (Wildman–Crippen LogP) is 2.22. The maximum absolute atomic E-state index is 12.3. The third-order valence-corrected chi connectivity index (χ3v) is 3.60. The molecule has 2 rings (SSSR count). The molecule has 20 heavy (non-hydrogen) atoms. The van der Waals surface area contributed by atoms with E-state index < -0.39 is 6.61 Å². The summed E-state index contributed by atoms with van der Waals surface area (Å²) in [5, 5.41) is 0. The molecule has 6 heteroatoms. The summed E-state index contributed by atoms with van der Waals surface area (Å²) >= 11 is 0. The number of ether oxygens (including phenoxy) is 2. The highest BCUT2D eigenvalue weighted by atomic mass is 19.3. The minimum Gasteiger partial charge on any atom is -0.493 e. The zero-order chi connectivity index (χ0) is 14.5. The lowest BCUT2D eigenvalue weighted by Crippen LogP contribution is -2.34. The van der Waals surface area contributed by atoms with Gasteiger partial charge in [0.15, 0.2) is 11.5 Å². The lowest BCUT2D eigenvalue weighted by atomic mass is 10.1. The fraction of sp³-hybridized carbons (Fsp3) is 0.571. The van der Waals surface area contributed by atoms with E-state index in [4.69, 9.17) is 10.5 Å². The average Bonchev–Trinajstić information content (AvgIpc) is 2.87. The van der Waals surface area contributed by atoms with Crippen LogP contribution in [-0.2, 0) is 6.54 Å². The molecule has 1 aromatic rings. The van der Waals surface area contributed by atoms with Gasteiger partial charge in [0.2, 0.25) is 0 Å². The van der Waals surface area contributed by atoms with Crippen LogP contribution in [-0.4, -0.2) is 37.8 Å². The molecule has 4 nitrogen and oxygen atoms in total. The second-order valence-electron chi connectivity index (χ2n) is 4.87. The van der Waals surface area contributed by atoms with E-state index >= 15 is 0 Å². The minimum atomic E-state index is -2.85. The molecule has 1 aromatic carbocycles. The highest BCUT2D eigenvalue weighted by Gasteiger charge is 2.23. The van der Waals surface area contributed by atoms with Crippen molar-refractivity contribution in [3.05, 3.63) is 23.8 Å². The van der Waals surface area contributed by atoms with Gasteiger partial charge in [-0.2, -0.15) is 8.78 Å². The smallest absolute Gasteiger partial charge is 0.387 e. The molecule has 1 fully saturated rings. The van der Waals surface area contributed by atoms with Gasteiger partial charge < -0.3 is 15.2 Å². The van der Waals surface area contributed by atoms with Crippen LogP contribution in [0.2, 0.25) is 0 Å². The summed E-state index contributed by atoms with van der Waals surface area (Å²) < 4.78 is 34.0. The molecule has 0 saturated carbocycles. The summed E-state index contributed by atoms with van der Waals surface area (Å²) in [5.74, 6) is 0.384. The molecule has 1 aliphatic heterocycles. The largest absolute Gasteiger partial charge is 0.493 e. The molecular weight excluding hydrogens is 266 g/mol. The number of nitrogens with two attached hydrogens (primary N) is 1. The van der Waals surface area contributed by atoms with Gasteiger partial charge in [0.05, 0.1) is 7.11 Å². The Hall–Kier alpha value is -1.40. The van der Waals surface area contributed by atoms with Crippen molar-refractivity contribution in [1.29, 1.82) is 0 Å². The van der Waals surface area contributed by atoms with E-state index in [2.05, 4.69) is 9.64 Å². The Balaban J connectivity index is 2.09. The molecule has 2 N–H and O–H groups in total. The first kappa shape index (κ1) is 15.0. The molecule has 0 aromatic heterocycles. The van der Waals surface area contributed by atoms with Gasteiger partial charge in [-0.05, 0) is 37.1 Å². The Morgan fingerprint density at radius 3 is 2.85 bits per heavy atom. The van der Waals surface area contributed by atoms with Crippen LogP contribution in [0.1, 0.15) is 18.4 Å². The minimum absolute atomic E-state index is 0.0584. The standard InChI is InChI=1S/C14H20F2N2O2/c1-19-13-7-10(4-5-12(13)20-14(15)16)9-18-6-2-3-11(18)8-17/h4-5,7,11,14H,2-3,6,8-9,17H2,1H3. The highest BCUT2D eigenvalue weighted by Crippen LogP contribution is 2.30. The molecule has 1 saturated heterocycles. The van der Waals surface area contributed by atoms with Gasteiger partial charge in [-0.15, -0.1) is 0 Å². The maximum Gasteiger partial charge on any atom is 0.387 e. The van der Waals surface area contributed by atoms with Gasteiger partial charge in [-0.3, -0.25) is 4.90 Å². The zero-order valence-electron chi connectivity index (χ0n) is 11.5. The fourth-order valence-corrected chi connectivity index (χ4v) is 2.61. The Morgan fingerprint density at radius 1 is 1.40 bits per heavy atom. The molecule has 0 spiro atoms. The molecule has 1 atom stereocenters. The predicted molar refractivity (Wildman–Crippen MR) is 72.1 cm³/mol. The first-order valence-corrected chi connectivity index (χ1v) is 6.70. The third-order valence-electron chi connectivity index (χ3n) is 3.60. The summed E-state index contributed by atoms with van der Waals surface area (Å²) in [5.41, 5.74) is 6.75. The monoisotopic (exact) mass is 286 g/mol. The van der Waals surface area contributed by atoms with Gasteiger partial charge in [0.25, 0.3) is 0 Å². The number of rotatable bonds is 6. The number of halogens is 2. The van der Waals surface area contributed by atoms with Crippen molar-refractivity contribution in [3.8, 4) is 11.5 Å². The molecule has 0 aliphatic carbocycles. The molecular formula is C14H20F2N2O2. The summed E-state index contributed by atoms with van der Waals surface area (Å²) in [6, 6.07) is 5.45. The van der Waals surface area contributed by atoms with E-state index in [0.29, 0.717) is 18.3 Å². The number of nitrogens with zero attached hydrogens (tertiary/aromatic N) is 1. The topological polar surface area (TPSA) is 47.7 Å². The Morgan fingerprint density at radius 2 is 2.20 bits per heavy atom. The first-order chi connectivity index (χ1) is 9.63. The number of benzene rings is 1. The normalized spacial score (nSPS) is 19.6. The van der Waals surface area contributed by atoms with Crippen LogP contribution in [0.4, 0.5) is 8.78 Å². The highest BCUT2D eigenvalue weighted by molar-refractivity contribution is 5.43. The molecule has 1 heterocycles. The number of hydrogen-bond acceptors (Lipinski definition) is 4. The molecule has 112 valence electrons. The molecule has 1 unspecified atom stereocenters. The van der Waals surface area contributed by atoms with Crippen molar-refractivity contribution >= 4 is 0 Å². The first-order valence-electron chi connectivity index (χ1n) is 6.70. The number of likely N-dealkylation sites (tertiary alicyclic amines) is 1. The van der Waals surface area contributed by atoms with Crippen molar-refractivity contribution in [2.45, 2.75) is 32.0 Å². The van der Waals surface area contributed by atoms with Crippen LogP contribution >= 0.6 is 0 Å². The summed E-state index contributed by atoms with van der Waals surface area (Å²) in [6.45, 7) is -0.453. The van der Waals surface area contributed by atoms with Crippen molar-refractivity contribution in [1.82, 2.24) is 4.90 Å². The Bertz CT molecular complexity index is 443. The quantitative estimate of drug-likeness (QED) is 0.871. The summed E-state index contributed by atoms with van der Waals surface area (Å²) in [6.07, 6.45) is 2.26. The van der Waals surface area contributed by atoms with Gasteiger partial charge in [-0.1, -0.05) is 6.07 Å². The number of methoxy groups -OCH3 is 1. The van der Waals surface area contributed by atoms with Crippen molar-refractivity contribution in [3.63, 3.8) is 0 Å². The van der Waals surface area contributed by atoms with Gasteiger partial charge in [0.1, 0.15) is 0 Å². The lowest BCUT2D eigenvalue weighted by Gasteiger charge is -2.23. The fourth-order valence-electron chi connectivity index (χ4n) is 2.61. The van der Waals surface area contributed by atoms with Gasteiger partial charge in [0, 0.05) is 19.1 Å². The molecule has 0 bridgehead atoms. The second-order valence-corrected chi connectivity index (χ2v) is 4.87. The van der Waals surface area contributed by atoms with Gasteiger partial charge >= 0.3 is 6.61 Å². The summed E-state index contributed by atoms with van der Waals surface area (Å²) in [4.78, 5) is 2.31. The average molecular weight is 286 g/mol. The van der Waals surface area contributed by atoms with Crippen LogP contribution in [0.25, 0.3) is 0 Å². The van der Waals surface area contributed by atoms with Crippen LogP contribution in [0, 0.1) is 0 Å².